The third-order valence-electron chi connectivity index (χ3n) is 4.90. The number of β-amino-alcohol motifs (C(OH)–C–C–N with tert-alkyl or cyclic N) is 1. The summed E-state index contributed by atoms with van der Waals surface area (Å²) in [5.41, 5.74) is 21.4. The van der Waals surface area contributed by atoms with Crippen LogP contribution in [0.2, 0.25) is 0 Å². The van der Waals surface area contributed by atoms with Gasteiger partial charge in [0.25, 0.3) is 0 Å². The normalized spacial score (nSPS) is 13.9. The maximum Gasteiger partial charge on any atom is 0.321 e. The van der Waals surface area contributed by atoms with Crippen LogP contribution >= 0.6 is 25.0 Å². The van der Waals surface area contributed by atoms with E-state index in [1.165, 1.54) is 5.56 Å². The molecular weight excluding hydrogens is 632 g/mol. The smallest absolute Gasteiger partial charge is 0.321 e. The lowest BCUT2D eigenvalue weighted by atomic mass is 10.2. The summed E-state index contributed by atoms with van der Waals surface area (Å²) < 4.78 is 5.13. The molecule has 1 aliphatic heterocycles. The van der Waals surface area contributed by atoms with Crippen molar-refractivity contribution < 1.29 is 45.3 Å². The number of rotatable bonds is 13. The molecular formula is C28H63ClN6O9S. The Morgan fingerprint density at radius 1 is 0.933 bits per heavy atom. The molecule has 1 heterocycles. The molecule has 0 saturated carbocycles. The van der Waals surface area contributed by atoms with Gasteiger partial charge in [-0.1, -0.05) is 30.3 Å². The topological polar surface area (TPSA) is 278 Å². The van der Waals surface area contributed by atoms with Crippen LogP contribution in [0.3, 0.4) is 0 Å². The monoisotopic (exact) mass is 694 g/mol. The second-order valence-electron chi connectivity index (χ2n) is 9.40. The van der Waals surface area contributed by atoms with E-state index in [2.05, 4.69) is 17.5 Å². The number of morpholine rings is 1. The van der Waals surface area contributed by atoms with Gasteiger partial charge < -0.3 is 68.3 Å². The Labute approximate surface area is 281 Å². The molecule has 1 saturated heterocycles. The van der Waals surface area contributed by atoms with Crippen molar-refractivity contribution in [3.8, 4) is 0 Å². The number of nitrogens with zero attached hydrogens (tertiary/aromatic N) is 2. The van der Waals surface area contributed by atoms with E-state index >= 15 is 0 Å². The highest BCUT2D eigenvalue weighted by Crippen LogP contribution is 1.97. The molecule has 2 unspecified atom stereocenters. The molecule has 3 atom stereocenters. The van der Waals surface area contributed by atoms with Crippen LogP contribution in [0.4, 0.5) is 0 Å². The van der Waals surface area contributed by atoms with E-state index in [0.717, 1.165) is 39.1 Å². The van der Waals surface area contributed by atoms with E-state index in [1.807, 2.05) is 49.3 Å². The fraction of sp³-hybridized carbons (Fsp3) is 0.750. The van der Waals surface area contributed by atoms with Gasteiger partial charge in [-0.25, -0.2) is 0 Å². The zero-order valence-corrected chi connectivity index (χ0v) is 28.6. The summed E-state index contributed by atoms with van der Waals surface area (Å²) in [7, 11) is 3.69. The lowest BCUT2D eigenvalue weighted by Gasteiger charge is -2.27. The van der Waals surface area contributed by atoms with Gasteiger partial charge in [-0.2, -0.15) is 12.6 Å². The Morgan fingerprint density at radius 3 is 1.69 bits per heavy atom. The van der Waals surface area contributed by atoms with E-state index in [9.17, 15) is 4.79 Å². The number of unbranched alkanes of at least 4 members (excludes halogenated alkanes) is 1. The van der Waals surface area contributed by atoms with Gasteiger partial charge in [0.05, 0.1) is 45.2 Å². The SMILES string of the molecule is CN(C)CC(O)CO.Cl.NCCCCO.NCCO.NCc1ccccc1.N[C@@H](CS)C(=O)O.OCC(O)CN1CCOCC1. The maximum atomic E-state index is 9.76. The fourth-order valence-electron chi connectivity index (χ4n) is 2.57. The van der Waals surface area contributed by atoms with Crippen molar-refractivity contribution in [1.29, 1.82) is 0 Å². The van der Waals surface area contributed by atoms with E-state index < -0.39 is 24.2 Å². The minimum absolute atomic E-state index is 0. The molecule has 2 rings (SSSR count). The molecule has 0 bridgehead atoms. The number of hydrogen-bond donors (Lipinski definition) is 12. The first-order valence-corrected chi connectivity index (χ1v) is 15.0. The Bertz CT molecular complexity index is 683. The Morgan fingerprint density at radius 2 is 1.44 bits per heavy atom. The van der Waals surface area contributed by atoms with Crippen molar-refractivity contribution in [3.63, 3.8) is 0 Å². The number of halogens is 1. The van der Waals surface area contributed by atoms with Gasteiger partial charge in [-0.05, 0) is 39.0 Å². The quantitative estimate of drug-likeness (QED) is 0.0730. The summed E-state index contributed by atoms with van der Waals surface area (Å²) >= 11 is 3.65. The first-order valence-electron chi connectivity index (χ1n) is 14.4. The van der Waals surface area contributed by atoms with Crippen LogP contribution < -0.4 is 22.9 Å². The standard InChI is InChI=1S/C7H15NO3.C7H9N.C5H13NO2.C4H11NO.C3H7NO2S.C2H7NO.ClH/c9-6-7(10)5-8-1-3-11-4-2-8;8-6-7-4-2-1-3-5-7;1-6(2)3-5(8)4-7;5-3-1-2-4-6;4-2(1-7)3(5)6;3-1-2-4;/h7,9-10H,1-6H2;1-5H,6,8H2;5,7-8H,3-4H2,1-2H3;6H,1-5H2;2,7H,1,4H2,(H,5,6);4H,1-3H2;1H/t;;;;2-;;/m....0../s1. The number of likely N-dealkylation sites (N-methyl/N-ethyl adjacent to an activating group) is 1. The van der Waals surface area contributed by atoms with E-state index in [4.69, 9.17) is 63.4 Å². The molecule has 15 nitrogen and oxygen atoms in total. The van der Waals surface area contributed by atoms with Gasteiger partial charge in [0.15, 0.2) is 0 Å². The van der Waals surface area contributed by atoms with Crippen molar-refractivity contribution in [3.05, 3.63) is 35.9 Å². The molecule has 0 radical (unpaired) electrons. The molecule has 15 N–H and O–H groups in total. The highest BCUT2D eigenvalue weighted by molar-refractivity contribution is 7.80. The molecule has 0 aliphatic carbocycles. The Kier molecular flexibility index (Phi) is 50.7. The summed E-state index contributed by atoms with van der Waals surface area (Å²) in [5.74, 6) is -0.815. The number of carboxylic acids is 1. The number of aliphatic carboxylic acids is 1. The summed E-state index contributed by atoms with van der Waals surface area (Å²) in [4.78, 5) is 13.7. The maximum absolute atomic E-state index is 9.76. The van der Waals surface area contributed by atoms with Crippen molar-refractivity contribution in [2.45, 2.75) is 37.6 Å². The van der Waals surface area contributed by atoms with Crippen LogP contribution in [0.1, 0.15) is 18.4 Å². The third-order valence-corrected chi connectivity index (χ3v) is 5.30. The minimum Gasteiger partial charge on any atom is -0.480 e. The average Bonchev–Trinajstić information content (AvgIpc) is 3.05. The van der Waals surface area contributed by atoms with Crippen LogP contribution in [0, 0.1) is 0 Å². The predicted octanol–water partition coefficient (Wildman–Crippen LogP) is -2.88. The second-order valence-corrected chi connectivity index (χ2v) is 9.76. The van der Waals surface area contributed by atoms with Gasteiger partial charge >= 0.3 is 5.97 Å². The largest absolute Gasteiger partial charge is 0.480 e. The number of ether oxygens (including phenoxy) is 1. The van der Waals surface area contributed by atoms with Crippen LogP contribution in [0.25, 0.3) is 0 Å². The zero-order valence-electron chi connectivity index (χ0n) is 26.9. The number of carboxylic acid groups (broad SMARTS) is 1. The van der Waals surface area contributed by atoms with Gasteiger partial charge in [0.2, 0.25) is 0 Å². The number of carbonyl (C=O) groups is 1. The van der Waals surface area contributed by atoms with Gasteiger partial charge in [0.1, 0.15) is 6.04 Å². The van der Waals surface area contributed by atoms with Crippen LogP contribution in [0.15, 0.2) is 30.3 Å². The van der Waals surface area contributed by atoms with Crippen molar-refractivity contribution in [2.24, 2.45) is 22.9 Å². The number of hydrogen-bond acceptors (Lipinski definition) is 15. The summed E-state index contributed by atoms with van der Waals surface area (Å²) in [6.07, 6.45) is 0.589. The van der Waals surface area contributed by atoms with Gasteiger partial charge in [-0.15, -0.1) is 12.4 Å². The lowest BCUT2D eigenvalue weighted by Crippen LogP contribution is -2.41. The molecule has 17 heteroatoms. The zero-order chi connectivity index (χ0) is 34.6. The number of aliphatic hydroxyl groups is 6. The Hall–Kier alpha value is -1.19. The number of thiol groups is 1. The fourth-order valence-corrected chi connectivity index (χ4v) is 2.72. The second kappa shape index (κ2) is 42.8. The van der Waals surface area contributed by atoms with Crippen molar-refractivity contribution in [2.75, 3.05) is 98.8 Å². The predicted molar refractivity (Wildman–Crippen MR) is 185 cm³/mol. The van der Waals surface area contributed by atoms with Crippen LogP contribution in [0.5, 0.6) is 0 Å². The Balaban J connectivity index is -0.000000145. The van der Waals surface area contributed by atoms with E-state index in [0.29, 0.717) is 32.7 Å². The summed E-state index contributed by atoms with van der Waals surface area (Å²) in [6, 6.07) is 9.17. The number of benzene rings is 1. The molecule has 1 aromatic carbocycles. The summed E-state index contributed by atoms with van der Waals surface area (Å²) in [5, 5.41) is 58.6. The molecule has 1 fully saturated rings. The number of nitrogens with two attached hydrogens (primary N) is 4. The van der Waals surface area contributed by atoms with Crippen LogP contribution in [-0.2, 0) is 16.1 Å². The molecule has 0 amide bonds. The number of aliphatic hydroxyl groups excluding tert-OH is 6. The van der Waals surface area contributed by atoms with Gasteiger partial charge in [-0.3, -0.25) is 9.69 Å². The first kappa shape index (κ1) is 53.3. The molecule has 1 aromatic rings. The van der Waals surface area contributed by atoms with Crippen molar-refractivity contribution in [1.82, 2.24) is 9.80 Å². The molecule has 0 spiro atoms. The van der Waals surface area contributed by atoms with Crippen molar-refractivity contribution >= 4 is 31.0 Å². The summed E-state index contributed by atoms with van der Waals surface area (Å²) in [6.45, 7) is 6.04. The highest BCUT2D eigenvalue weighted by Gasteiger charge is 2.13. The van der Waals surface area contributed by atoms with E-state index in [-0.39, 0.29) is 44.6 Å². The molecule has 0 aromatic heterocycles. The van der Waals surface area contributed by atoms with Gasteiger partial charge in [0, 0.05) is 51.6 Å². The molecule has 272 valence electrons. The molecule has 45 heavy (non-hydrogen) atoms. The lowest BCUT2D eigenvalue weighted by molar-refractivity contribution is -0.137. The first-order chi connectivity index (χ1) is 20.9. The van der Waals surface area contributed by atoms with E-state index in [1.54, 1.807) is 0 Å². The minimum atomic E-state index is -1.00. The van der Waals surface area contributed by atoms with Crippen LogP contribution in [-0.4, -0.2) is 169 Å². The average molecular weight is 695 g/mol. The third kappa shape index (κ3) is 47.3. The highest BCUT2D eigenvalue weighted by atomic mass is 35.5. The molecule has 1 aliphatic rings.